The number of hydrogen-bond acceptors (Lipinski definition) is 7. The zero-order valence-electron chi connectivity index (χ0n) is 22.4. The second-order valence-electron chi connectivity index (χ2n) is 11.6. The van der Waals surface area contributed by atoms with Gasteiger partial charge in [0.05, 0.1) is 11.7 Å². The van der Waals surface area contributed by atoms with Crippen molar-refractivity contribution < 1.29 is 34.1 Å². The molecular weight excluding hydrogens is 424 g/mol. The Hall–Kier alpha value is -1.31. The Morgan fingerprint density at radius 1 is 1.03 bits per heavy atom. The first-order valence-electron chi connectivity index (χ1n) is 12.1. The highest BCUT2D eigenvalue weighted by molar-refractivity contribution is 6.00. The molecule has 1 fully saturated rings. The van der Waals surface area contributed by atoms with E-state index in [9.17, 15) is 24.6 Å². The number of esters is 1. The summed E-state index contributed by atoms with van der Waals surface area (Å²) >= 11 is 0. The first-order chi connectivity index (χ1) is 14.9. The number of ether oxygens (including phenoxy) is 2. The van der Waals surface area contributed by atoms with E-state index in [2.05, 4.69) is 0 Å². The summed E-state index contributed by atoms with van der Waals surface area (Å²) in [6, 6.07) is 0. The lowest BCUT2D eigenvalue weighted by Gasteiger charge is -2.48. The van der Waals surface area contributed by atoms with Crippen molar-refractivity contribution in [2.75, 3.05) is 7.11 Å². The quantitative estimate of drug-likeness (QED) is 0.469. The Bertz CT molecular complexity index is 723. The normalized spacial score (nSPS) is 42.6. The Labute approximate surface area is 199 Å². The molecule has 1 aliphatic rings. The highest BCUT2D eigenvalue weighted by Gasteiger charge is 2.51. The average Bonchev–Trinajstić information content (AvgIpc) is 2.72. The number of aliphatic hydroxyl groups is 2. The second kappa shape index (κ2) is 10.5. The first-order valence-corrected chi connectivity index (χ1v) is 12.1. The van der Waals surface area contributed by atoms with Gasteiger partial charge in [0.2, 0.25) is 0 Å². The zero-order valence-corrected chi connectivity index (χ0v) is 22.4. The van der Waals surface area contributed by atoms with Gasteiger partial charge in [-0.05, 0) is 39.0 Å². The third-order valence-electron chi connectivity index (χ3n) is 7.79. The van der Waals surface area contributed by atoms with Gasteiger partial charge in [-0.25, -0.2) is 0 Å². The largest absolute Gasteiger partial charge is 0.459 e. The molecular formula is C26H46O7. The minimum absolute atomic E-state index is 0.217. The van der Waals surface area contributed by atoms with E-state index in [1.165, 1.54) is 13.8 Å². The number of cyclic esters (lactones) is 1. The molecule has 0 aromatic heterocycles. The predicted octanol–water partition coefficient (Wildman–Crippen LogP) is 3.57. The lowest BCUT2D eigenvalue weighted by molar-refractivity contribution is -0.191. The van der Waals surface area contributed by atoms with Gasteiger partial charge in [0.15, 0.2) is 0 Å². The Morgan fingerprint density at radius 2 is 1.55 bits per heavy atom. The Balaban J connectivity index is 3.69. The summed E-state index contributed by atoms with van der Waals surface area (Å²) in [6.45, 7) is 17.7. The molecule has 7 heteroatoms. The van der Waals surface area contributed by atoms with Gasteiger partial charge in [0.25, 0.3) is 0 Å². The summed E-state index contributed by atoms with van der Waals surface area (Å²) in [5.74, 6) is -4.53. The lowest BCUT2D eigenvalue weighted by Crippen LogP contribution is -2.57. The minimum atomic E-state index is -1.86. The number of Topliss-reactive ketones (excluding diaryl/α,β-unsaturated/α-hetero) is 2. The van der Waals surface area contributed by atoms with E-state index in [4.69, 9.17) is 9.47 Å². The van der Waals surface area contributed by atoms with Crippen molar-refractivity contribution in [3.63, 3.8) is 0 Å². The van der Waals surface area contributed by atoms with Gasteiger partial charge < -0.3 is 19.7 Å². The third-order valence-corrected chi connectivity index (χ3v) is 7.79. The number of methoxy groups -OCH3 is 1. The van der Waals surface area contributed by atoms with E-state index in [0.29, 0.717) is 6.42 Å². The molecule has 0 aromatic rings. The van der Waals surface area contributed by atoms with Gasteiger partial charge in [-0.15, -0.1) is 0 Å². The molecule has 1 unspecified atom stereocenters. The fourth-order valence-electron chi connectivity index (χ4n) is 6.07. The molecule has 1 aliphatic heterocycles. The van der Waals surface area contributed by atoms with E-state index in [0.717, 1.165) is 0 Å². The van der Waals surface area contributed by atoms with Gasteiger partial charge in [-0.2, -0.15) is 0 Å². The molecule has 1 rings (SSSR count). The lowest BCUT2D eigenvalue weighted by atomic mass is 9.61. The molecule has 33 heavy (non-hydrogen) atoms. The molecule has 192 valence electrons. The van der Waals surface area contributed by atoms with Crippen molar-refractivity contribution in [3.05, 3.63) is 0 Å². The fraction of sp³-hybridized carbons (Fsp3) is 0.885. The molecule has 0 aliphatic carbocycles. The van der Waals surface area contributed by atoms with Crippen molar-refractivity contribution in [1.29, 1.82) is 0 Å². The van der Waals surface area contributed by atoms with E-state index in [-0.39, 0.29) is 29.3 Å². The molecule has 0 aromatic carbocycles. The van der Waals surface area contributed by atoms with Crippen molar-refractivity contribution in [2.45, 2.75) is 105 Å². The first kappa shape index (κ1) is 29.7. The zero-order chi connectivity index (χ0) is 26.1. The topological polar surface area (TPSA) is 110 Å². The van der Waals surface area contributed by atoms with Crippen LogP contribution in [-0.2, 0) is 23.9 Å². The summed E-state index contributed by atoms with van der Waals surface area (Å²) in [6.07, 6.45) is -1.97. The summed E-state index contributed by atoms with van der Waals surface area (Å²) in [4.78, 5) is 39.8. The SMILES string of the molecule is CC[C@H]1OC(=O)[C@H](C)C(=O)[C@H](C)C(C(C)(C)C)[C@](C)(OC)C[C@@H](C)C(=O)[C@H](C)[C@@H](O)[C@]1(C)O. The standard InChI is InChI=1S/C26H46O7/c1-12-18-26(10,31)22(29)16(4)19(27)14(2)13-25(9,32-11)21(24(6,7)8)15(3)20(28)17(5)23(30)33-18/h14-18,21-22,29,31H,12-13H2,1-11H3/t14-,15+,16+,17-,18-,21?,22-,25-,26-/m1/s1. The van der Waals surface area contributed by atoms with Crippen LogP contribution in [0.2, 0.25) is 0 Å². The second-order valence-corrected chi connectivity index (χ2v) is 11.6. The van der Waals surface area contributed by atoms with Crippen LogP contribution in [-0.4, -0.2) is 58.3 Å². The number of rotatable bonds is 2. The van der Waals surface area contributed by atoms with Gasteiger partial charge in [0.1, 0.15) is 29.2 Å². The highest BCUT2D eigenvalue weighted by Crippen LogP contribution is 2.46. The predicted molar refractivity (Wildman–Crippen MR) is 126 cm³/mol. The maximum absolute atomic E-state index is 13.5. The van der Waals surface area contributed by atoms with E-state index in [1.54, 1.807) is 34.8 Å². The monoisotopic (exact) mass is 470 g/mol. The number of ketones is 2. The van der Waals surface area contributed by atoms with E-state index >= 15 is 0 Å². The van der Waals surface area contributed by atoms with E-state index < -0.39 is 53.1 Å². The molecule has 0 amide bonds. The van der Waals surface area contributed by atoms with Crippen LogP contribution in [0.3, 0.4) is 0 Å². The van der Waals surface area contributed by atoms with Crippen molar-refractivity contribution in [3.8, 4) is 0 Å². The minimum Gasteiger partial charge on any atom is -0.459 e. The Kier molecular flexibility index (Phi) is 9.48. The van der Waals surface area contributed by atoms with Crippen LogP contribution in [0.1, 0.15) is 82.1 Å². The molecule has 0 spiro atoms. The van der Waals surface area contributed by atoms with Crippen LogP contribution in [0, 0.1) is 35.0 Å². The number of carbonyl (C=O) groups excluding carboxylic acids is 3. The van der Waals surface area contributed by atoms with Crippen LogP contribution in [0.15, 0.2) is 0 Å². The molecule has 2 N–H and O–H groups in total. The maximum Gasteiger partial charge on any atom is 0.316 e. The molecule has 9 atom stereocenters. The van der Waals surface area contributed by atoms with Crippen molar-refractivity contribution in [2.24, 2.45) is 35.0 Å². The number of aliphatic hydroxyl groups excluding tert-OH is 1. The van der Waals surface area contributed by atoms with Gasteiger partial charge >= 0.3 is 5.97 Å². The van der Waals surface area contributed by atoms with Crippen LogP contribution >= 0.6 is 0 Å². The molecule has 7 nitrogen and oxygen atoms in total. The molecule has 0 radical (unpaired) electrons. The number of hydrogen-bond donors (Lipinski definition) is 2. The fourth-order valence-corrected chi connectivity index (χ4v) is 6.07. The van der Waals surface area contributed by atoms with Gasteiger partial charge in [-0.1, -0.05) is 48.5 Å². The van der Waals surface area contributed by atoms with Crippen LogP contribution in [0.4, 0.5) is 0 Å². The smallest absolute Gasteiger partial charge is 0.316 e. The van der Waals surface area contributed by atoms with Crippen molar-refractivity contribution in [1.82, 2.24) is 0 Å². The van der Waals surface area contributed by atoms with Crippen LogP contribution < -0.4 is 0 Å². The van der Waals surface area contributed by atoms with E-state index in [1.807, 2.05) is 27.7 Å². The highest BCUT2D eigenvalue weighted by atomic mass is 16.6. The Morgan fingerprint density at radius 3 is 1.97 bits per heavy atom. The summed E-state index contributed by atoms with van der Waals surface area (Å²) < 4.78 is 11.5. The number of carbonyl (C=O) groups is 3. The molecule has 1 heterocycles. The van der Waals surface area contributed by atoms with Gasteiger partial charge in [0, 0.05) is 30.8 Å². The maximum atomic E-state index is 13.5. The summed E-state index contributed by atoms with van der Waals surface area (Å²) in [5, 5.41) is 22.1. The summed E-state index contributed by atoms with van der Waals surface area (Å²) in [5.41, 5.74) is -3.09. The van der Waals surface area contributed by atoms with Crippen LogP contribution in [0.25, 0.3) is 0 Å². The molecule has 0 saturated carbocycles. The molecule has 1 saturated heterocycles. The average molecular weight is 471 g/mol. The van der Waals surface area contributed by atoms with Crippen molar-refractivity contribution >= 4 is 17.5 Å². The molecule has 0 bridgehead atoms. The van der Waals surface area contributed by atoms with Gasteiger partial charge in [-0.3, -0.25) is 14.4 Å². The third kappa shape index (κ3) is 6.04. The van der Waals surface area contributed by atoms with Crippen LogP contribution in [0.5, 0.6) is 0 Å². The summed E-state index contributed by atoms with van der Waals surface area (Å²) in [7, 11) is 1.57.